The normalized spacial score (nSPS) is 10.7. The minimum Gasteiger partial charge on any atom is -0.497 e. The standard InChI is InChI=1S/C23H20F2N4O4/c1-31-18-8-16(9-19(10-18)32-2)26-23(30)27-22-20-11-17(3-4-21(20)28-29-22)33-12-13-5-14(24)7-15(25)6-13/h3-11H,12H2,1-2H3,(H3,26,27,28,29,30). The van der Waals surface area contributed by atoms with Crippen LogP contribution in [0, 0.1) is 11.6 Å². The van der Waals surface area contributed by atoms with Crippen molar-refractivity contribution in [1.82, 2.24) is 10.2 Å². The first kappa shape index (κ1) is 21.9. The lowest BCUT2D eigenvalue weighted by atomic mass is 10.2. The smallest absolute Gasteiger partial charge is 0.324 e. The molecule has 0 saturated carbocycles. The zero-order chi connectivity index (χ0) is 23.4. The first-order chi connectivity index (χ1) is 15.9. The van der Waals surface area contributed by atoms with Crippen LogP contribution in [0.5, 0.6) is 17.2 Å². The number of nitrogens with one attached hydrogen (secondary N) is 3. The van der Waals surface area contributed by atoms with E-state index < -0.39 is 17.7 Å². The number of halogens is 2. The van der Waals surface area contributed by atoms with Gasteiger partial charge in [-0.2, -0.15) is 5.10 Å². The van der Waals surface area contributed by atoms with Crippen molar-refractivity contribution >= 4 is 28.4 Å². The SMILES string of the molecule is COc1cc(NC(=O)Nc2n[nH]c3ccc(OCc4cc(F)cc(F)c4)cc23)cc(OC)c1. The zero-order valence-electron chi connectivity index (χ0n) is 17.7. The maximum atomic E-state index is 13.4. The molecule has 0 aliphatic heterocycles. The second kappa shape index (κ2) is 9.43. The number of hydrogen-bond donors (Lipinski definition) is 3. The lowest BCUT2D eigenvalue weighted by molar-refractivity contribution is 0.262. The molecule has 3 N–H and O–H groups in total. The molecule has 33 heavy (non-hydrogen) atoms. The number of carbonyl (C=O) groups excluding carboxylic acids is 1. The molecule has 1 aromatic heterocycles. The molecule has 3 aromatic carbocycles. The summed E-state index contributed by atoms with van der Waals surface area (Å²) in [6, 6.07) is 12.7. The Morgan fingerprint density at radius 1 is 0.909 bits per heavy atom. The molecule has 0 saturated heterocycles. The number of methoxy groups -OCH3 is 2. The van der Waals surface area contributed by atoms with Gasteiger partial charge in [0.1, 0.15) is 35.5 Å². The van der Waals surface area contributed by atoms with E-state index in [0.717, 1.165) is 6.07 Å². The molecule has 2 amide bonds. The largest absolute Gasteiger partial charge is 0.497 e. The predicted molar refractivity (Wildman–Crippen MR) is 119 cm³/mol. The second-order valence-corrected chi connectivity index (χ2v) is 7.03. The highest BCUT2D eigenvalue weighted by molar-refractivity contribution is 6.04. The van der Waals surface area contributed by atoms with Gasteiger partial charge in [0, 0.05) is 35.3 Å². The van der Waals surface area contributed by atoms with Crippen LogP contribution in [0.25, 0.3) is 10.9 Å². The van der Waals surface area contributed by atoms with Crippen LogP contribution in [-0.2, 0) is 6.61 Å². The van der Waals surface area contributed by atoms with Gasteiger partial charge < -0.3 is 19.5 Å². The van der Waals surface area contributed by atoms with Gasteiger partial charge in [0.25, 0.3) is 0 Å². The van der Waals surface area contributed by atoms with Gasteiger partial charge in [-0.3, -0.25) is 10.4 Å². The fourth-order valence-electron chi connectivity index (χ4n) is 3.19. The van der Waals surface area contributed by atoms with E-state index in [1.54, 1.807) is 36.4 Å². The number of urea groups is 1. The van der Waals surface area contributed by atoms with Gasteiger partial charge >= 0.3 is 6.03 Å². The quantitative estimate of drug-likeness (QED) is 0.362. The van der Waals surface area contributed by atoms with Crippen molar-refractivity contribution in [2.24, 2.45) is 0 Å². The lowest BCUT2D eigenvalue weighted by Crippen LogP contribution is -2.19. The maximum Gasteiger partial charge on any atom is 0.324 e. The van der Waals surface area contributed by atoms with E-state index in [9.17, 15) is 13.6 Å². The van der Waals surface area contributed by atoms with Crippen LogP contribution in [0.4, 0.5) is 25.1 Å². The molecule has 170 valence electrons. The first-order valence-electron chi connectivity index (χ1n) is 9.80. The van der Waals surface area contributed by atoms with Gasteiger partial charge in [0.15, 0.2) is 5.82 Å². The van der Waals surface area contributed by atoms with Crippen LogP contribution in [0.3, 0.4) is 0 Å². The van der Waals surface area contributed by atoms with Crippen molar-refractivity contribution in [3.63, 3.8) is 0 Å². The van der Waals surface area contributed by atoms with Crippen LogP contribution >= 0.6 is 0 Å². The molecule has 8 nitrogen and oxygen atoms in total. The molecule has 0 aliphatic carbocycles. The molecule has 4 rings (SSSR count). The molecule has 0 radical (unpaired) electrons. The highest BCUT2D eigenvalue weighted by atomic mass is 19.1. The van der Waals surface area contributed by atoms with Gasteiger partial charge in [0.05, 0.1) is 19.7 Å². The number of aromatic amines is 1. The van der Waals surface area contributed by atoms with Crippen molar-refractivity contribution < 1.29 is 27.8 Å². The van der Waals surface area contributed by atoms with Gasteiger partial charge in [-0.25, -0.2) is 13.6 Å². The minimum atomic E-state index is -0.676. The van der Waals surface area contributed by atoms with Gasteiger partial charge in [-0.05, 0) is 35.9 Å². The van der Waals surface area contributed by atoms with E-state index in [-0.39, 0.29) is 12.4 Å². The van der Waals surface area contributed by atoms with Crippen LogP contribution < -0.4 is 24.8 Å². The number of aromatic nitrogens is 2. The molecule has 4 aromatic rings. The van der Waals surface area contributed by atoms with Crippen LogP contribution in [0.15, 0.2) is 54.6 Å². The maximum absolute atomic E-state index is 13.4. The monoisotopic (exact) mass is 454 g/mol. The van der Waals surface area contributed by atoms with Crippen molar-refractivity contribution in [3.05, 3.63) is 71.8 Å². The summed E-state index contributed by atoms with van der Waals surface area (Å²) in [7, 11) is 3.03. The Bertz CT molecular complexity index is 1270. The summed E-state index contributed by atoms with van der Waals surface area (Å²) in [5, 5.41) is 12.9. The number of anilines is 2. The fourth-order valence-corrected chi connectivity index (χ4v) is 3.19. The number of rotatable bonds is 7. The van der Waals surface area contributed by atoms with Crippen LogP contribution in [0.1, 0.15) is 5.56 Å². The average Bonchev–Trinajstić information content (AvgIpc) is 3.18. The van der Waals surface area contributed by atoms with E-state index in [2.05, 4.69) is 20.8 Å². The molecule has 0 fully saturated rings. The van der Waals surface area contributed by atoms with E-state index in [0.29, 0.717) is 39.4 Å². The summed E-state index contributed by atoms with van der Waals surface area (Å²) < 4.78 is 42.8. The summed E-state index contributed by atoms with van der Waals surface area (Å²) in [6.45, 7) is -0.0288. The molecule has 0 atom stereocenters. The zero-order valence-corrected chi connectivity index (χ0v) is 17.7. The molecule has 10 heteroatoms. The summed E-state index contributed by atoms with van der Waals surface area (Å²) in [5.41, 5.74) is 1.48. The third-order valence-corrected chi connectivity index (χ3v) is 4.70. The Hall–Kier alpha value is -4.34. The highest BCUT2D eigenvalue weighted by Gasteiger charge is 2.12. The average molecular weight is 454 g/mol. The number of hydrogen-bond acceptors (Lipinski definition) is 5. The Balaban J connectivity index is 1.47. The number of amides is 2. The minimum absolute atomic E-state index is 0.0288. The first-order valence-corrected chi connectivity index (χ1v) is 9.80. The van der Waals surface area contributed by atoms with Crippen LogP contribution in [-0.4, -0.2) is 30.4 Å². The molecular weight excluding hydrogens is 434 g/mol. The number of H-pyrrole nitrogens is 1. The number of ether oxygens (including phenoxy) is 3. The van der Waals surface area contributed by atoms with E-state index in [1.165, 1.54) is 26.4 Å². The molecule has 1 heterocycles. The van der Waals surface area contributed by atoms with Crippen molar-refractivity contribution in [3.8, 4) is 17.2 Å². The molecule has 0 unspecified atom stereocenters. The Labute approximate surface area is 187 Å². The molecule has 0 aliphatic rings. The summed E-state index contributed by atoms with van der Waals surface area (Å²) in [5.74, 6) is 0.411. The van der Waals surface area contributed by atoms with E-state index >= 15 is 0 Å². The number of carbonyl (C=O) groups is 1. The summed E-state index contributed by atoms with van der Waals surface area (Å²) in [6.07, 6.45) is 0. The lowest BCUT2D eigenvalue weighted by Gasteiger charge is -2.10. The highest BCUT2D eigenvalue weighted by Crippen LogP contribution is 2.28. The van der Waals surface area contributed by atoms with Gasteiger partial charge in [-0.1, -0.05) is 0 Å². The third kappa shape index (κ3) is 5.29. The topological polar surface area (TPSA) is 97.5 Å². The summed E-state index contributed by atoms with van der Waals surface area (Å²) >= 11 is 0. The summed E-state index contributed by atoms with van der Waals surface area (Å²) in [4.78, 5) is 12.5. The second-order valence-electron chi connectivity index (χ2n) is 7.03. The fraction of sp³-hybridized carbons (Fsp3) is 0.130. The Morgan fingerprint density at radius 3 is 2.27 bits per heavy atom. The molecule has 0 spiro atoms. The number of fused-ring (bicyclic) bond motifs is 1. The van der Waals surface area contributed by atoms with Crippen molar-refractivity contribution in [1.29, 1.82) is 0 Å². The van der Waals surface area contributed by atoms with Crippen molar-refractivity contribution in [2.75, 3.05) is 24.9 Å². The Morgan fingerprint density at radius 2 is 1.61 bits per heavy atom. The van der Waals surface area contributed by atoms with Gasteiger partial charge in [-0.15, -0.1) is 0 Å². The molecular formula is C23H20F2N4O4. The van der Waals surface area contributed by atoms with Crippen LogP contribution in [0.2, 0.25) is 0 Å². The Kier molecular flexibility index (Phi) is 6.25. The van der Waals surface area contributed by atoms with Crippen molar-refractivity contribution in [2.45, 2.75) is 6.61 Å². The van der Waals surface area contributed by atoms with E-state index in [1.807, 2.05) is 0 Å². The molecule has 0 bridgehead atoms. The number of benzene rings is 3. The van der Waals surface area contributed by atoms with E-state index in [4.69, 9.17) is 14.2 Å². The van der Waals surface area contributed by atoms with Gasteiger partial charge in [0.2, 0.25) is 0 Å². The number of nitrogens with zero attached hydrogens (tertiary/aromatic N) is 1. The predicted octanol–water partition coefficient (Wildman–Crippen LogP) is 5.08. The third-order valence-electron chi connectivity index (χ3n) is 4.70.